The molecular weight excluding hydrogens is 544 g/mol. The highest BCUT2D eigenvalue weighted by Crippen LogP contribution is 2.50. The van der Waals surface area contributed by atoms with Crippen LogP contribution in [-0.2, 0) is 19.1 Å². The number of hydrogen-bond donors (Lipinski definition) is 1. The molecule has 1 unspecified atom stereocenters. The summed E-state index contributed by atoms with van der Waals surface area (Å²) in [7, 11) is 0. The van der Waals surface area contributed by atoms with E-state index in [1.807, 2.05) is 79.7 Å². The third-order valence-corrected chi connectivity index (χ3v) is 7.89. The maximum absolute atomic E-state index is 14.1. The molecule has 0 spiro atoms. The van der Waals surface area contributed by atoms with Crippen LogP contribution >= 0.6 is 0 Å². The number of carbonyl (C=O) groups is 3. The number of esters is 1. The van der Waals surface area contributed by atoms with Gasteiger partial charge in [-0.25, -0.2) is 9.59 Å². The molecule has 2 aromatic heterocycles. The fourth-order valence-corrected chi connectivity index (χ4v) is 5.81. The maximum Gasteiger partial charge on any atom is 0.411 e. The molecule has 2 fully saturated rings. The quantitative estimate of drug-likeness (QED) is 0.170. The van der Waals surface area contributed by atoms with Gasteiger partial charge in [0, 0.05) is 35.3 Å². The van der Waals surface area contributed by atoms with E-state index in [0.717, 1.165) is 11.1 Å². The molecule has 0 bridgehead atoms. The van der Waals surface area contributed by atoms with E-state index < -0.39 is 29.6 Å². The molecule has 0 radical (unpaired) electrons. The van der Waals surface area contributed by atoms with Crippen LogP contribution in [0.4, 0.5) is 10.5 Å². The zero-order valence-electron chi connectivity index (χ0n) is 23.5. The molecule has 2 aromatic carbocycles. The third-order valence-electron chi connectivity index (χ3n) is 7.89. The molecule has 6 rings (SSSR count). The Morgan fingerprint density at radius 3 is 2.23 bits per heavy atom. The summed E-state index contributed by atoms with van der Waals surface area (Å²) in [4.78, 5) is 50.2. The van der Waals surface area contributed by atoms with E-state index in [0.29, 0.717) is 23.4 Å². The first-order valence-corrected chi connectivity index (χ1v) is 14.0. The van der Waals surface area contributed by atoms with E-state index in [2.05, 4.69) is 15.3 Å². The Bertz CT molecular complexity index is 1590. The molecule has 216 valence electrons. The van der Waals surface area contributed by atoms with Gasteiger partial charge in [0.2, 0.25) is 0 Å². The predicted octanol–water partition coefficient (Wildman–Crippen LogP) is 5.43. The van der Waals surface area contributed by atoms with Gasteiger partial charge in [0.25, 0.3) is 5.91 Å². The summed E-state index contributed by atoms with van der Waals surface area (Å²) in [5.74, 6) is -0.829. The standard InChI is InChI=1S/C34H30N4O5/c1-34(22-42-33(41)37-25-15-18-35-19-16-25)21-28-27(20-26-14-8-9-17-36-26)31(39)38(28)30(34)32(40)43-29(23-10-4-2-5-11-23)24-12-6-3-7-13-24/h2-20,28-30H,21-22H2,1H3,(H,35,37,41)/b27-20+/t28?,30-,34-/m0/s1. The molecule has 2 aliphatic heterocycles. The molecule has 43 heavy (non-hydrogen) atoms. The van der Waals surface area contributed by atoms with Gasteiger partial charge >= 0.3 is 12.1 Å². The molecule has 4 heterocycles. The fraction of sp³-hybridized carbons (Fsp3) is 0.206. The summed E-state index contributed by atoms with van der Waals surface area (Å²) in [5, 5.41) is 2.67. The Hall–Kier alpha value is -5.31. The molecule has 2 aliphatic rings. The Kier molecular flexibility index (Phi) is 7.70. The van der Waals surface area contributed by atoms with E-state index in [-0.39, 0.29) is 18.6 Å². The second-order valence-electron chi connectivity index (χ2n) is 10.9. The van der Waals surface area contributed by atoms with Crippen LogP contribution in [0.5, 0.6) is 0 Å². The summed E-state index contributed by atoms with van der Waals surface area (Å²) in [6, 6.07) is 26.4. The van der Waals surface area contributed by atoms with Crippen LogP contribution in [0.3, 0.4) is 0 Å². The monoisotopic (exact) mass is 574 g/mol. The smallest absolute Gasteiger partial charge is 0.411 e. The number of fused-ring (bicyclic) bond motifs is 1. The van der Waals surface area contributed by atoms with Crippen LogP contribution in [0, 0.1) is 5.41 Å². The van der Waals surface area contributed by atoms with E-state index in [1.165, 1.54) is 0 Å². The lowest BCUT2D eigenvalue weighted by molar-refractivity contribution is -0.163. The summed E-state index contributed by atoms with van der Waals surface area (Å²) in [5.41, 5.74) is 2.42. The first kappa shape index (κ1) is 27.8. The van der Waals surface area contributed by atoms with Crippen LogP contribution < -0.4 is 5.32 Å². The SMILES string of the molecule is C[C@@]1(COC(=O)Nc2ccncc2)CC2/C(=C\c3ccccn3)C(=O)N2[C@H]1C(=O)OC(c1ccccc1)c1ccccc1. The summed E-state index contributed by atoms with van der Waals surface area (Å²) >= 11 is 0. The van der Waals surface area contributed by atoms with Gasteiger partial charge in [-0.1, -0.05) is 73.7 Å². The van der Waals surface area contributed by atoms with Crippen molar-refractivity contribution in [2.45, 2.75) is 31.5 Å². The number of amides is 2. The van der Waals surface area contributed by atoms with Crippen LogP contribution in [-0.4, -0.2) is 51.5 Å². The highest BCUT2D eigenvalue weighted by Gasteiger charge is 2.63. The first-order valence-electron chi connectivity index (χ1n) is 14.0. The predicted molar refractivity (Wildman–Crippen MR) is 159 cm³/mol. The Morgan fingerprint density at radius 1 is 0.953 bits per heavy atom. The summed E-state index contributed by atoms with van der Waals surface area (Å²) in [6.07, 6.45) is 5.58. The minimum atomic E-state index is -0.977. The molecule has 2 amide bonds. The van der Waals surface area contributed by atoms with Gasteiger partial charge in [-0.3, -0.25) is 20.1 Å². The maximum atomic E-state index is 14.1. The zero-order valence-corrected chi connectivity index (χ0v) is 23.5. The first-order chi connectivity index (χ1) is 20.9. The number of β-lactam (4-membered cyclic amide) rings is 1. The van der Waals surface area contributed by atoms with Crippen molar-refractivity contribution in [3.63, 3.8) is 0 Å². The van der Waals surface area contributed by atoms with Gasteiger partial charge in [0.05, 0.1) is 11.7 Å². The average Bonchev–Trinajstić information content (AvgIpc) is 3.33. The van der Waals surface area contributed by atoms with Crippen molar-refractivity contribution in [1.29, 1.82) is 0 Å². The van der Waals surface area contributed by atoms with Crippen LogP contribution in [0.15, 0.2) is 115 Å². The number of aromatic nitrogens is 2. The number of carbonyl (C=O) groups excluding carboxylic acids is 3. The van der Waals surface area contributed by atoms with Gasteiger partial charge in [0.1, 0.15) is 12.6 Å². The molecular formula is C34H30N4O5. The van der Waals surface area contributed by atoms with Crippen molar-refractivity contribution in [3.05, 3.63) is 132 Å². The molecule has 4 aromatic rings. The number of hydrogen-bond acceptors (Lipinski definition) is 7. The highest BCUT2D eigenvalue weighted by atomic mass is 16.6. The van der Waals surface area contributed by atoms with Crippen molar-refractivity contribution < 1.29 is 23.9 Å². The zero-order chi connectivity index (χ0) is 29.8. The van der Waals surface area contributed by atoms with Crippen LogP contribution in [0.1, 0.15) is 36.3 Å². The fourth-order valence-electron chi connectivity index (χ4n) is 5.81. The van der Waals surface area contributed by atoms with Crippen LogP contribution in [0.25, 0.3) is 6.08 Å². The van der Waals surface area contributed by atoms with Gasteiger partial charge in [0.15, 0.2) is 6.10 Å². The lowest BCUT2D eigenvalue weighted by Crippen LogP contribution is -2.58. The Morgan fingerprint density at radius 2 is 1.60 bits per heavy atom. The van der Waals surface area contributed by atoms with Gasteiger partial charge in [-0.15, -0.1) is 0 Å². The van der Waals surface area contributed by atoms with Crippen molar-refractivity contribution in [1.82, 2.24) is 14.9 Å². The second kappa shape index (κ2) is 11.9. The number of nitrogens with zero attached hydrogens (tertiary/aromatic N) is 3. The second-order valence-corrected chi connectivity index (χ2v) is 10.9. The van der Waals surface area contributed by atoms with Crippen molar-refractivity contribution in [2.75, 3.05) is 11.9 Å². The average molecular weight is 575 g/mol. The lowest BCUT2D eigenvalue weighted by atomic mass is 9.81. The summed E-state index contributed by atoms with van der Waals surface area (Å²) < 4.78 is 11.9. The number of anilines is 1. The lowest BCUT2D eigenvalue weighted by Gasteiger charge is -2.41. The van der Waals surface area contributed by atoms with Crippen molar-refractivity contribution in [3.8, 4) is 0 Å². The van der Waals surface area contributed by atoms with Gasteiger partial charge < -0.3 is 14.4 Å². The number of rotatable bonds is 8. The normalized spacial score (nSPS) is 21.7. The van der Waals surface area contributed by atoms with E-state index in [4.69, 9.17) is 9.47 Å². The van der Waals surface area contributed by atoms with E-state index in [9.17, 15) is 14.4 Å². The number of ether oxygens (including phenoxy) is 2. The number of nitrogens with one attached hydrogen (secondary N) is 1. The largest absolute Gasteiger partial charge is 0.451 e. The molecule has 9 nitrogen and oxygen atoms in total. The molecule has 1 N–H and O–H groups in total. The van der Waals surface area contributed by atoms with Crippen molar-refractivity contribution in [2.24, 2.45) is 5.41 Å². The van der Waals surface area contributed by atoms with E-state index >= 15 is 0 Å². The van der Waals surface area contributed by atoms with E-state index in [1.54, 1.807) is 47.8 Å². The third kappa shape index (κ3) is 5.74. The molecule has 3 atom stereocenters. The van der Waals surface area contributed by atoms with Gasteiger partial charge in [-0.05, 0) is 47.9 Å². The number of pyridine rings is 2. The minimum Gasteiger partial charge on any atom is -0.451 e. The molecule has 2 saturated heterocycles. The number of benzene rings is 2. The Labute approximate surface area is 249 Å². The molecule has 9 heteroatoms. The topological polar surface area (TPSA) is 111 Å². The molecule has 0 saturated carbocycles. The van der Waals surface area contributed by atoms with Crippen molar-refractivity contribution >= 4 is 29.7 Å². The highest BCUT2D eigenvalue weighted by molar-refractivity contribution is 6.08. The minimum absolute atomic E-state index is 0.109. The van der Waals surface area contributed by atoms with Gasteiger partial charge in [-0.2, -0.15) is 0 Å². The molecule has 0 aliphatic carbocycles. The van der Waals surface area contributed by atoms with Crippen LogP contribution in [0.2, 0.25) is 0 Å². The Balaban J connectivity index is 1.29. The summed E-state index contributed by atoms with van der Waals surface area (Å²) in [6.45, 7) is 1.74.